The van der Waals surface area contributed by atoms with E-state index < -0.39 is 53.2 Å². The highest BCUT2D eigenvalue weighted by molar-refractivity contribution is 5.75. The van der Waals surface area contributed by atoms with Gasteiger partial charge in [0.1, 0.15) is 5.69 Å². The van der Waals surface area contributed by atoms with Crippen molar-refractivity contribution < 1.29 is 26.7 Å². The first kappa shape index (κ1) is 13.3. The van der Waals surface area contributed by atoms with Crippen LogP contribution in [0.3, 0.4) is 0 Å². The van der Waals surface area contributed by atoms with Crippen molar-refractivity contribution in [3.63, 3.8) is 0 Å². The van der Waals surface area contributed by atoms with Crippen molar-refractivity contribution >= 4 is 5.78 Å². The summed E-state index contributed by atoms with van der Waals surface area (Å²) in [6.07, 6.45) is -4.83. The molecule has 0 saturated heterocycles. The Bertz CT molecular complexity index is 643. The van der Waals surface area contributed by atoms with Crippen molar-refractivity contribution in [1.82, 2.24) is 9.78 Å². The summed E-state index contributed by atoms with van der Waals surface area (Å²) in [6, 6.07) is 0. The molecule has 0 amide bonds. The Morgan fingerprint density at radius 3 is 2.55 bits per heavy atom. The van der Waals surface area contributed by atoms with Crippen LogP contribution in [0.15, 0.2) is 12.2 Å². The van der Waals surface area contributed by atoms with Crippen LogP contribution in [0.5, 0.6) is 0 Å². The van der Waals surface area contributed by atoms with Crippen molar-refractivity contribution in [2.24, 2.45) is 5.92 Å². The number of alkyl halides is 5. The van der Waals surface area contributed by atoms with Crippen LogP contribution in [-0.2, 0) is 23.4 Å². The minimum absolute atomic E-state index is 0.0929. The van der Waals surface area contributed by atoms with Gasteiger partial charge in [-0.25, -0.2) is 0 Å². The van der Waals surface area contributed by atoms with Gasteiger partial charge in [0.25, 0.3) is 5.92 Å². The maximum Gasteiger partial charge on any atom is 0.435 e. The number of aromatic nitrogens is 2. The number of fused-ring (bicyclic) bond motifs is 3. The predicted octanol–water partition coefficient (Wildman–Crippen LogP) is 2.87. The summed E-state index contributed by atoms with van der Waals surface area (Å²) in [4.78, 5) is 11.0. The van der Waals surface area contributed by atoms with Gasteiger partial charge in [-0.15, -0.1) is 0 Å². The van der Waals surface area contributed by atoms with E-state index in [2.05, 4.69) is 11.7 Å². The molecule has 1 saturated carbocycles. The molecular weight excluding hydrogens is 283 g/mol. The van der Waals surface area contributed by atoms with Crippen LogP contribution in [0.2, 0.25) is 0 Å². The first-order valence-corrected chi connectivity index (χ1v) is 5.81. The number of rotatable bonds is 2. The molecular formula is C12H9F5N2O. The lowest BCUT2D eigenvalue weighted by Gasteiger charge is -2.14. The summed E-state index contributed by atoms with van der Waals surface area (Å²) in [7, 11) is 0. The summed E-state index contributed by atoms with van der Waals surface area (Å²) in [6.45, 7) is 3.90. The molecule has 0 radical (unpaired) electrons. The molecule has 2 aliphatic rings. The summed E-state index contributed by atoms with van der Waals surface area (Å²) in [5.74, 6) is -6.30. The summed E-state index contributed by atoms with van der Waals surface area (Å²) >= 11 is 0. The Balaban J connectivity index is 2.23. The molecule has 0 aromatic carbocycles. The zero-order chi connectivity index (χ0) is 15.0. The largest absolute Gasteiger partial charge is 0.435 e. The normalized spacial score (nSPS) is 26.4. The fourth-order valence-electron chi connectivity index (χ4n) is 2.91. The molecule has 0 aliphatic heterocycles. The molecule has 0 N–H and O–H groups in total. The summed E-state index contributed by atoms with van der Waals surface area (Å²) < 4.78 is 67.5. The predicted molar refractivity (Wildman–Crippen MR) is 57.2 cm³/mol. The molecule has 1 aromatic heterocycles. The lowest BCUT2D eigenvalue weighted by molar-refractivity contribution is -0.142. The molecule has 3 nitrogen and oxygen atoms in total. The molecule has 1 fully saturated rings. The van der Waals surface area contributed by atoms with E-state index in [1.54, 1.807) is 0 Å². The Hall–Kier alpha value is -1.73. The minimum Gasteiger partial charge on any atom is -0.298 e. The van der Waals surface area contributed by atoms with Crippen LogP contribution >= 0.6 is 0 Å². The average molecular weight is 292 g/mol. The van der Waals surface area contributed by atoms with Crippen LogP contribution in [0.25, 0.3) is 0 Å². The van der Waals surface area contributed by atoms with Crippen LogP contribution in [0, 0.1) is 5.92 Å². The zero-order valence-electron chi connectivity index (χ0n) is 10.3. The van der Waals surface area contributed by atoms with Crippen LogP contribution in [0.1, 0.15) is 29.8 Å². The maximum absolute atomic E-state index is 14.1. The van der Waals surface area contributed by atoms with E-state index in [-0.39, 0.29) is 5.57 Å². The van der Waals surface area contributed by atoms with E-state index in [0.717, 1.165) is 6.92 Å². The summed E-state index contributed by atoms with van der Waals surface area (Å²) in [5.41, 5.74) is -2.55. The average Bonchev–Trinajstić information content (AvgIpc) is 2.66. The lowest BCUT2D eigenvalue weighted by atomic mass is 10.1. The third kappa shape index (κ3) is 1.50. The van der Waals surface area contributed by atoms with Crippen LogP contribution in [-0.4, -0.2) is 15.6 Å². The molecule has 1 heterocycles. The Labute approximate surface area is 110 Å². The smallest absolute Gasteiger partial charge is 0.298 e. The number of carbonyl (C=O) groups excluding carboxylic acids is 1. The van der Waals surface area contributed by atoms with Gasteiger partial charge in [-0.05, 0) is 6.92 Å². The van der Waals surface area contributed by atoms with E-state index in [9.17, 15) is 26.7 Å². The number of carbonyl (C=O) groups is 1. The van der Waals surface area contributed by atoms with Gasteiger partial charge in [-0.2, -0.15) is 27.1 Å². The SMILES string of the molecule is C=C1C2c3c(C(F)(F)F)nn(CC(C)=O)c3C(F)(F)C12. The second-order valence-electron chi connectivity index (χ2n) is 5.12. The van der Waals surface area contributed by atoms with Gasteiger partial charge in [0.05, 0.1) is 12.5 Å². The fraction of sp³-hybridized carbons (Fsp3) is 0.500. The van der Waals surface area contributed by atoms with E-state index in [1.807, 2.05) is 0 Å². The number of hydrogen-bond donors (Lipinski definition) is 0. The highest BCUT2D eigenvalue weighted by Crippen LogP contribution is 2.71. The van der Waals surface area contributed by atoms with E-state index in [0.29, 0.717) is 4.68 Å². The topological polar surface area (TPSA) is 34.9 Å². The number of halogens is 5. The van der Waals surface area contributed by atoms with Gasteiger partial charge in [-0.3, -0.25) is 9.48 Å². The molecule has 3 rings (SSSR count). The second kappa shape index (κ2) is 3.48. The van der Waals surface area contributed by atoms with Crippen molar-refractivity contribution in [2.45, 2.75) is 31.5 Å². The Kier molecular flexibility index (Phi) is 2.30. The standard InChI is InChI=1S/C12H9F5N2O/c1-4(20)3-19-10-7(9(18-19)12(15,16)17)6-5(2)8(6)11(10,13)14/h6,8H,2-3H2,1H3. The lowest BCUT2D eigenvalue weighted by Crippen LogP contribution is -2.22. The third-order valence-electron chi connectivity index (χ3n) is 3.67. The first-order chi connectivity index (χ1) is 9.06. The highest BCUT2D eigenvalue weighted by atomic mass is 19.4. The van der Waals surface area contributed by atoms with Gasteiger partial charge in [-0.1, -0.05) is 12.2 Å². The van der Waals surface area contributed by atoms with Gasteiger partial charge >= 0.3 is 6.18 Å². The Morgan fingerprint density at radius 1 is 1.45 bits per heavy atom. The number of Topliss-reactive ketones (excluding diaryl/α,β-unsaturated/α-hetero) is 1. The fourth-order valence-corrected chi connectivity index (χ4v) is 2.91. The quantitative estimate of drug-likeness (QED) is 0.620. The number of nitrogens with zero attached hydrogens (tertiary/aromatic N) is 2. The molecule has 1 aromatic rings. The van der Waals surface area contributed by atoms with Gasteiger partial charge in [0.15, 0.2) is 11.5 Å². The number of hydrogen-bond acceptors (Lipinski definition) is 2. The molecule has 0 spiro atoms. The molecule has 0 bridgehead atoms. The summed E-state index contributed by atoms with van der Waals surface area (Å²) in [5, 5.41) is 3.20. The molecule has 2 aliphatic carbocycles. The Morgan fingerprint density at radius 2 is 2.05 bits per heavy atom. The van der Waals surface area contributed by atoms with E-state index in [1.165, 1.54) is 0 Å². The molecule has 20 heavy (non-hydrogen) atoms. The zero-order valence-corrected chi connectivity index (χ0v) is 10.3. The van der Waals surface area contributed by atoms with Gasteiger partial charge in [0.2, 0.25) is 0 Å². The number of allylic oxidation sites excluding steroid dienone is 1. The van der Waals surface area contributed by atoms with Crippen LogP contribution in [0.4, 0.5) is 22.0 Å². The third-order valence-corrected chi connectivity index (χ3v) is 3.67. The van der Waals surface area contributed by atoms with Crippen molar-refractivity contribution in [3.05, 3.63) is 29.1 Å². The van der Waals surface area contributed by atoms with Gasteiger partial charge in [0, 0.05) is 11.5 Å². The molecule has 8 heteroatoms. The highest BCUT2D eigenvalue weighted by Gasteiger charge is 2.70. The number of ketones is 1. The van der Waals surface area contributed by atoms with Crippen LogP contribution < -0.4 is 0 Å². The molecule has 2 unspecified atom stereocenters. The first-order valence-electron chi connectivity index (χ1n) is 5.81. The molecule has 108 valence electrons. The monoisotopic (exact) mass is 292 g/mol. The second-order valence-corrected chi connectivity index (χ2v) is 5.12. The molecule has 2 atom stereocenters. The van der Waals surface area contributed by atoms with E-state index >= 15 is 0 Å². The van der Waals surface area contributed by atoms with E-state index in [4.69, 9.17) is 0 Å². The van der Waals surface area contributed by atoms with Crippen molar-refractivity contribution in [3.8, 4) is 0 Å². The maximum atomic E-state index is 14.1. The van der Waals surface area contributed by atoms with Crippen molar-refractivity contribution in [1.29, 1.82) is 0 Å². The van der Waals surface area contributed by atoms with Gasteiger partial charge < -0.3 is 0 Å². The minimum atomic E-state index is -4.83. The van der Waals surface area contributed by atoms with Crippen molar-refractivity contribution in [2.75, 3.05) is 0 Å².